The van der Waals surface area contributed by atoms with Gasteiger partial charge in [0, 0.05) is 29.1 Å². The number of rotatable bonds is 3. The molecule has 1 aromatic carbocycles. The molecule has 5 rings (SSSR count). The van der Waals surface area contributed by atoms with Gasteiger partial charge in [0.05, 0.1) is 18.0 Å². The summed E-state index contributed by atoms with van der Waals surface area (Å²) in [6, 6.07) is 7.90. The smallest absolute Gasteiger partial charge is 0.271 e. The molecule has 0 radical (unpaired) electrons. The monoisotopic (exact) mass is 415 g/mol. The highest BCUT2D eigenvalue weighted by Crippen LogP contribution is 2.44. The highest BCUT2D eigenvalue weighted by atomic mass is 35.5. The van der Waals surface area contributed by atoms with Crippen LogP contribution in [0.3, 0.4) is 0 Å². The van der Waals surface area contributed by atoms with Crippen molar-refractivity contribution in [3.8, 4) is 16.9 Å². The number of ether oxygens (including phenoxy) is 1. The quantitative estimate of drug-likeness (QED) is 0.547. The number of pyridine rings is 2. The van der Waals surface area contributed by atoms with Crippen molar-refractivity contribution in [2.45, 2.75) is 25.8 Å². The molecule has 0 unspecified atom stereocenters. The molecule has 0 aliphatic heterocycles. The maximum atomic E-state index is 13.0. The van der Waals surface area contributed by atoms with Crippen molar-refractivity contribution in [2.24, 2.45) is 0 Å². The lowest BCUT2D eigenvalue weighted by Crippen LogP contribution is -2.15. The van der Waals surface area contributed by atoms with Crippen molar-refractivity contribution in [1.82, 2.24) is 13.9 Å². The minimum Gasteiger partial charge on any atom is -0.494 e. The molecule has 0 saturated heterocycles. The molecule has 6 nitrogen and oxygen atoms in total. The number of benzene rings is 1. The molecular formula is C20H18ClN3O3S. The van der Waals surface area contributed by atoms with Crippen LogP contribution in [0.1, 0.15) is 24.6 Å². The van der Waals surface area contributed by atoms with E-state index >= 15 is 0 Å². The van der Waals surface area contributed by atoms with Crippen LogP contribution in [0.2, 0.25) is 0 Å². The first kappa shape index (κ1) is 18.7. The maximum absolute atomic E-state index is 13.0. The van der Waals surface area contributed by atoms with Crippen molar-refractivity contribution in [2.75, 3.05) is 7.11 Å². The molecule has 28 heavy (non-hydrogen) atoms. The zero-order valence-corrected chi connectivity index (χ0v) is 16.9. The first-order valence-electron chi connectivity index (χ1n) is 8.79. The van der Waals surface area contributed by atoms with Crippen molar-refractivity contribution < 1.29 is 4.74 Å². The van der Waals surface area contributed by atoms with Crippen molar-refractivity contribution >= 4 is 45.1 Å². The van der Waals surface area contributed by atoms with Gasteiger partial charge >= 0.3 is 0 Å². The Balaban J connectivity index is 0.00000192. The predicted molar refractivity (Wildman–Crippen MR) is 114 cm³/mol. The molecule has 1 aliphatic carbocycles. The molecule has 8 heteroatoms. The molecule has 0 atom stereocenters. The second kappa shape index (κ2) is 6.76. The number of methoxy groups -OCH3 is 1. The first-order chi connectivity index (χ1) is 13.1. The summed E-state index contributed by atoms with van der Waals surface area (Å²) < 4.78 is 10.6. The molecule has 1 N–H and O–H groups in total. The number of H-pyrrole nitrogens is 1. The second-order valence-electron chi connectivity index (χ2n) is 6.87. The Morgan fingerprint density at radius 3 is 2.64 bits per heavy atom. The van der Waals surface area contributed by atoms with Crippen LogP contribution >= 0.6 is 23.9 Å². The van der Waals surface area contributed by atoms with Crippen molar-refractivity contribution in [1.29, 1.82) is 0 Å². The molecule has 3 aromatic heterocycles. The molecule has 0 bridgehead atoms. The van der Waals surface area contributed by atoms with E-state index in [1.54, 1.807) is 13.2 Å². The minimum absolute atomic E-state index is 0. The number of halogens is 1. The average Bonchev–Trinajstić information content (AvgIpc) is 3.44. The number of hydrogen-bond acceptors (Lipinski definition) is 5. The van der Waals surface area contributed by atoms with E-state index in [2.05, 4.69) is 13.9 Å². The third kappa shape index (κ3) is 2.65. The molecule has 4 aromatic rings. The van der Waals surface area contributed by atoms with Gasteiger partial charge in [-0.1, -0.05) is 6.07 Å². The van der Waals surface area contributed by atoms with E-state index in [0.717, 1.165) is 35.2 Å². The van der Waals surface area contributed by atoms with E-state index in [0.29, 0.717) is 16.0 Å². The summed E-state index contributed by atoms with van der Waals surface area (Å²) in [6.07, 6.45) is 3.86. The zero-order chi connectivity index (χ0) is 18.7. The molecule has 1 fully saturated rings. The van der Waals surface area contributed by atoms with Crippen molar-refractivity contribution in [3.05, 3.63) is 56.7 Å². The zero-order valence-electron chi connectivity index (χ0n) is 15.3. The van der Waals surface area contributed by atoms with Gasteiger partial charge in [-0.05, 0) is 49.5 Å². The van der Waals surface area contributed by atoms with E-state index in [4.69, 9.17) is 4.74 Å². The summed E-state index contributed by atoms with van der Waals surface area (Å²) in [5.41, 5.74) is 2.94. The third-order valence-corrected chi connectivity index (χ3v) is 5.96. The van der Waals surface area contributed by atoms with Gasteiger partial charge in [-0.25, -0.2) is 0 Å². The highest BCUT2D eigenvalue weighted by Gasteiger charge is 2.30. The van der Waals surface area contributed by atoms with Gasteiger partial charge in [-0.3, -0.25) is 18.9 Å². The Kier molecular flexibility index (Phi) is 4.51. The fraction of sp³-hybridized carbons (Fsp3) is 0.250. The second-order valence-corrected chi connectivity index (χ2v) is 7.67. The number of nitrogens with one attached hydrogen (secondary N) is 1. The number of nitrogens with zero attached hydrogens (tertiary/aromatic N) is 2. The average molecular weight is 416 g/mol. The Morgan fingerprint density at radius 1 is 1.21 bits per heavy atom. The summed E-state index contributed by atoms with van der Waals surface area (Å²) in [5.74, 6) is 0.643. The number of aromatic amines is 1. The van der Waals surface area contributed by atoms with Gasteiger partial charge in [0.25, 0.3) is 5.56 Å². The fourth-order valence-electron chi connectivity index (χ4n) is 3.64. The number of aryl methyl sites for hydroxylation is 1. The number of aromatic nitrogens is 3. The number of hydrogen-bond donors (Lipinski definition) is 1. The third-order valence-electron chi connectivity index (χ3n) is 5.08. The van der Waals surface area contributed by atoms with Gasteiger partial charge in [-0.2, -0.15) is 0 Å². The van der Waals surface area contributed by atoms with E-state index in [-0.39, 0.29) is 34.8 Å². The van der Waals surface area contributed by atoms with Gasteiger partial charge in [0.1, 0.15) is 10.2 Å². The summed E-state index contributed by atoms with van der Waals surface area (Å²) in [6.45, 7) is 1.94. The first-order valence-corrected chi connectivity index (χ1v) is 9.61. The summed E-state index contributed by atoms with van der Waals surface area (Å²) in [5, 5.41) is 0.755. The predicted octanol–water partition coefficient (Wildman–Crippen LogP) is 4.04. The Labute approximate surface area is 170 Å². The number of fused-ring (bicyclic) bond motifs is 2. The Morgan fingerprint density at radius 2 is 2.00 bits per heavy atom. The minimum atomic E-state index is -0.318. The molecule has 1 saturated carbocycles. The van der Waals surface area contributed by atoms with E-state index < -0.39 is 0 Å². The topological polar surface area (TPSA) is 77.0 Å². The Bertz CT molecular complexity index is 1320. The molecule has 1 aliphatic rings. The Hall–Kier alpha value is -2.64. The standard InChI is InChI=1S/C20H17N3O3S.ClH/c1-10-3-4-11(9-21-10)13-7-8-14-16(18(13)26-2)23(12-5-6-12)20-15(17(14)24)19(25)22-27-20;/h3-4,7-9,12H,5-6H2,1-2H3,(H,22,25);1H. The molecule has 0 spiro atoms. The van der Waals surface area contributed by atoms with Crippen LogP contribution in [-0.4, -0.2) is 21.0 Å². The van der Waals surface area contributed by atoms with Crippen molar-refractivity contribution in [3.63, 3.8) is 0 Å². The molecule has 0 amide bonds. The van der Waals surface area contributed by atoms with Gasteiger partial charge in [0.2, 0.25) is 5.43 Å². The van der Waals surface area contributed by atoms with E-state index in [1.807, 2.05) is 31.3 Å². The normalized spacial score (nSPS) is 13.6. The van der Waals surface area contributed by atoms with Gasteiger partial charge in [-0.15, -0.1) is 12.4 Å². The van der Waals surface area contributed by atoms with E-state index in [1.165, 1.54) is 11.5 Å². The van der Waals surface area contributed by atoms with Crippen LogP contribution < -0.4 is 15.7 Å². The lowest BCUT2D eigenvalue weighted by Gasteiger charge is -2.17. The van der Waals surface area contributed by atoms with Gasteiger partial charge in [0.15, 0.2) is 5.75 Å². The largest absolute Gasteiger partial charge is 0.494 e. The van der Waals surface area contributed by atoms with Crippen LogP contribution in [0.15, 0.2) is 40.1 Å². The molecule has 144 valence electrons. The maximum Gasteiger partial charge on any atom is 0.271 e. The van der Waals surface area contributed by atoms with Crippen LogP contribution in [0.25, 0.3) is 32.2 Å². The SMILES string of the molecule is COc1c(-c2ccc(C)nc2)ccc2c(=O)c3c(=O)[nH]sc3n(C3CC3)c12.Cl. The van der Waals surface area contributed by atoms with Crippen LogP contribution in [0, 0.1) is 6.92 Å². The highest BCUT2D eigenvalue weighted by molar-refractivity contribution is 7.12. The fourth-order valence-corrected chi connectivity index (χ4v) is 4.55. The molecule has 3 heterocycles. The summed E-state index contributed by atoms with van der Waals surface area (Å²) >= 11 is 1.22. The van der Waals surface area contributed by atoms with E-state index in [9.17, 15) is 9.59 Å². The lowest BCUT2D eigenvalue weighted by molar-refractivity contribution is 0.419. The summed E-state index contributed by atoms with van der Waals surface area (Å²) in [7, 11) is 1.62. The summed E-state index contributed by atoms with van der Waals surface area (Å²) in [4.78, 5) is 30.3. The molecular weight excluding hydrogens is 398 g/mol. The van der Waals surface area contributed by atoms with Crippen LogP contribution in [0.4, 0.5) is 0 Å². The van der Waals surface area contributed by atoms with Crippen LogP contribution in [-0.2, 0) is 0 Å². The van der Waals surface area contributed by atoms with Crippen LogP contribution in [0.5, 0.6) is 5.75 Å². The lowest BCUT2D eigenvalue weighted by atomic mass is 10.0. The van der Waals surface area contributed by atoms with Gasteiger partial charge < -0.3 is 9.30 Å².